The highest BCUT2D eigenvalue weighted by molar-refractivity contribution is 6.29. The highest BCUT2D eigenvalue weighted by Gasteiger charge is 2.27. The van der Waals surface area contributed by atoms with Gasteiger partial charge < -0.3 is 19.7 Å². The first kappa shape index (κ1) is 21.2. The average Bonchev–Trinajstić information content (AvgIpc) is 2.75. The van der Waals surface area contributed by atoms with Crippen LogP contribution in [-0.4, -0.2) is 42.9 Å². The van der Waals surface area contributed by atoms with Gasteiger partial charge in [-0.25, -0.2) is 0 Å². The van der Waals surface area contributed by atoms with Crippen LogP contribution < -0.4 is 19.7 Å². The molecule has 1 N–H and O–H groups in total. The molecule has 1 unspecified atom stereocenters. The van der Waals surface area contributed by atoms with Crippen molar-refractivity contribution >= 4 is 29.0 Å². The molecule has 0 spiro atoms. The maximum absolute atomic E-state index is 13.0. The van der Waals surface area contributed by atoms with Gasteiger partial charge in [0.25, 0.3) is 0 Å². The molecule has 156 valence electrons. The second kappa shape index (κ2) is 10.3. The Morgan fingerprint density at radius 2 is 2.17 bits per heavy atom. The lowest BCUT2D eigenvalue weighted by Gasteiger charge is -2.32. The number of halogens is 1. The van der Waals surface area contributed by atoms with Crippen LogP contribution in [0.3, 0.4) is 0 Å². The number of nitrogens with one attached hydrogen (secondary N) is 1. The first-order valence-electron chi connectivity index (χ1n) is 9.96. The number of unbranched alkanes of at least 4 members (excludes halogenated alkanes) is 1. The van der Waals surface area contributed by atoms with E-state index in [9.17, 15) is 4.79 Å². The third kappa shape index (κ3) is 5.73. The van der Waals surface area contributed by atoms with Crippen LogP contribution in [0.1, 0.15) is 32.6 Å². The molecular formula is C21H27ClN4O3. The van der Waals surface area contributed by atoms with Gasteiger partial charge in [0.1, 0.15) is 11.5 Å². The molecule has 1 aromatic heterocycles. The highest BCUT2D eigenvalue weighted by Crippen LogP contribution is 2.31. The van der Waals surface area contributed by atoms with Crippen molar-refractivity contribution in [1.82, 2.24) is 10.2 Å². The largest absolute Gasteiger partial charge is 0.497 e. The van der Waals surface area contributed by atoms with E-state index in [4.69, 9.17) is 21.1 Å². The van der Waals surface area contributed by atoms with Crippen LogP contribution >= 0.6 is 11.6 Å². The summed E-state index contributed by atoms with van der Waals surface area (Å²) in [6.07, 6.45) is 3.72. The van der Waals surface area contributed by atoms with Crippen molar-refractivity contribution in [2.45, 2.75) is 32.6 Å². The molecule has 7 nitrogen and oxygen atoms in total. The lowest BCUT2D eigenvalue weighted by molar-refractivity contribution is -0.120. The van der Waals surface area contributed by atoms with Crippen LogP contribution in [0.4, 0.5) is 11.5 Å². The van der Waals surface area contributed by atoms with Crippen LogP contribution in [-0.2, 0) is 4.79 Å². The van der Waals surface area contributed by atoms with E-state index in [2.05, 4.69) is 27.3 Å². The molecule has 1 aromatic carbocycles. The Balaban J connectivity index is 1.69. The zero-order valence-corrected chi connectivity index (χ0v) is 17.6. The van der Waals surface area contributed by atoms with Gasteiger partial charge in [-0.05, 0) is 43.5 Å². The van der Waals surface area contributed by atoms with Gasteiger partial charge in [-0.2, -0.15) is 0 Å². The van der Waals surface area contributed by atoms with E-state index in [-0.39, 0.29) is 11.8 Å². The summed E-state index contributed by atoms with van der Waals surface area (Å²) in [6.45, 7) is 4.14. The fourth-order valence-electron chi connectivity index (χ4n) is 3.30. The van der Waals surface area contributed by atoms with Crippen molar-refractivity contribution in [2.75, 3.05) is 37.0 Å². The van der Waals surface area contributed by atoms with Crippen molar-refractivity contribution < 1.29 is 14.3 Å². The Morgan fingerprint density at radius 3 is 2.90 bits per heavy atom. The fourth-order valence-corrected chi connectivity index (χ4v) is 3.40. The molecule has 0 bridgehead atoms. The smallest absolute Gasteiger partial charge is 0.229 e. The van der Waals surface area contributed by atoms with Crippen LogP contribution in [0.5, 0.6) is 11.5 Å². The van der Waals surface area contributed by atoms with Gasteiger partial charge in [0, 0.05) is 19.2 Å². The number of rotatable bonds is 8. The molecule has 1 atom stereocenters. The van der Waals surface area contributed by atoms with Crippen molar-refractivity contribution in [3.63, 3.8) is 0 Å². The van der Waals surface area contributed by atoms with Gasteiger partial charge in [0.15, 0.2) is 11.0 Å². The van der Waals surface area contributed by atoms with Crippen LogP contribution in [0.2, 0.25) is 5.15 Å². The lowest BCUT2D eigenvalue weighted by Crippen LogP contribution is -2.41. The summed E-state index contributed by atoms with van der Waals surface area (Å²) in [5.74, 6) is 1.87. The molecule has 1 aliphatic heterocycles. The lowest BCUT2D eigenvalue weighted by atomic mass is 9.97. The standard InChI is InChI=1S/C21H27ClN4O3/c1-3-4-12-29-18-8-7-16(28-2)13-17(18)23-21(27)15-6-5-11-26(14-15)20-10-9-19(22)24-25-20/h7-10,13,15H,3-6,11-12,14H2,1-2H3,(H,23,27). The van der Waals surface area contributed by atoms with Crippen LogP contribution in [0.25, 0.3) is 0 Å². The molecule has 8 heteroatoms. The maximum atomic E-state index is 13.0. The third-order valence-corrected chi connectivity index (χ3v) is 5.14. The topological polar surface area (TPSA) is 76.6 Å². The molecule has 0 saturated carbocycles. The van der Waals surface area contributed by atoms with Gasteiger partial charge in [0.05, 0.1) is 25.3 Å². The van der Waals surface area contributed by atoms with E-state index in [1.807, 2.05) is 18.2 Å². The number of carbonyl (C=O) groups is 1. The zero-order valence-electron chi connectivity index (χ0n) is 16.9. The Labute approximate surface area is 176 Å². The summed E-state index contributed by atoms with van der Waals surface area (Å²) in [4.78, 5) is 15.1. The van der Waals surface area contributed by atoms with E-state index in [0.29, 0.717) is 35.5 Å². The number of aromatic nitrogens is 2. The van der Waals surface area contributed by atoms with E-state index in [0.717, 1.165) is 38.0 Å². The first-order valence-corrected chi connectivity index (χ1v) is 10.3. The minimum atomic E-state index is -0.157. The molecule has 0 radical (unpaired) electrons. The van der Waals surface area contributed by atoms with E-state index in [1.54, 1.807) is 19.2 Å². The van der Waals surface area contributed by atoms with Gasteiger partial charge >= 0.3 is 0 Å². The highest BCUT2D eigenvalue weighted by atomic mass is 35.5. The molecule has 2 heterocycles. The fraction of sp³-hybridized carbons (Fsp3) is 0.476. The Bertz CT molecular complexity index is 816. The second-order valence-corrected chi connectivity index (χ2v) is 7.44. The molecule has 1 amide bonds. The minimum Gasteiger partial charge on any atom is -0.497 e. The SMILES string of the molecule is CCCCOc1ccc(OC)cc1NC(=O)C1CCCN(c2ccc(Cl)nn2)C1. The summed E-state index contributed by atoms with van der Waals surface area (Å²) in [7, 11) is 1.60. The molecule has 3 rings (SSSR count). The van der Waals surface area contributed by atoms with Gasteiger partial charge in [0.2, 0.25) is 5.91 Å². The number of anilines is 2. The van der Waals surface area contributed by atoms with Crippen molar-refractivity contribution in [3.05, 3.63) is 35.5 Å². The van der Waals surface area contributed by atoms with Crippen LogP contribution in [0, 0.1) is 5.92 Å². The van der Waals surface area contributed by atoms with Crippen molar-refractivity contribution in [1.29, 1.82) is 0 Å². The Hall–Kier alpha value is -2.54. The predicted octanol–water partition coefficient (Wildman–Crippen LogP) is 4.17. The average molecular weight is 419 g/mol. The summed E-state index contributed by atoms with van der Waals surface area (Å²) >= 11 is 5.83. The number of amides is 1. The number of nitrogens with zero attached hydrogens (tertiary/aromatic N) is 3. The van der Waals surface area contributed by atoms with E-state index in [1.165, 1.54) is 0 Å². The van der Waals surface area contributed by atoms with Crippen molar-refractivity contribution in [3.8, 4) is 11.5 Å². The van der Waals surface area contributed by atoms with Crippen LogP contribution in [0.15, 0.2) is 30.3 Å². The number of carbonyl (C=O) groups excluding carboxylic acids is 1. The number of methoxy groups -OCH3 is 1. The van der Waals surface area contributed by atoms with E-state index < -0.39 is 0 Å². The number of ether oxygens (including phenoxy) is 2. The number of hydrogen-bond donors (Lipinski definition) is 1. The normalized spacial score (nSPS) is 16.4. The zero-order chi connectivity index (χ0) is 20.6. The van der Waals surface area contributed by atoms with E-state index >= 15 is 0 Å². The first-order chi connectivity index (χ1) is 14.1. The number of piperidine rings is 1. The number of benzene rings is 1. The second-order valence-electron chi connectivity index (χ2n) is 7.05. The quantitative estimate of drug-likeness (QED) is 0.648. The predicted molar refractivity (Wildman–Crippen MR) is 114 cm³/mol. The maximum Gasteiger partial charge on any atom is 0.229 e. The summed E-state index contributed by atoms with van der Waals surface area (Å²) < 4.78 is 11.2. The Morgan fingerprint density at radius 1 is 1.31 bits per heavy atom. The monoisotopic (exact) mass is 418 g/mol. The molecule has 1 aliphatic rings. The summed E-state index contributed by atoms with van der Waals surface area (Å²) in [5, 5.41) is 11.4. The molecule has 29 heavy (non-hydrogen) atoms. The van der Waals surface area contributed by atoms with Gasteiger partial charge in [-0.3, -0.25) is 4.79 Å². The molecule has 0 aliphatic carbocycles. The third-order valence-electron chi connectivity index (χ3n) is 4.93. The molecule has 1 saturated heterocycles. The van der Waals surface area contributed by atoms with Gasteiger partial charge in [-0.1, -0.05) is 24.9 Å². The number of hydrogen-bond acceptors (Lipinski definition) is 6. The summed E-state index contributed by atoms with van der Waals surface area (Å²) in [6, 6.07) is 9.00. The summed E-state index contributed by atoms with van der Waals surface area (Å²) in [5.41, 5.74) is 0.633. The molecule has 1 fully saturated rings. The molecular weight excluding hydrogens is 392 g/mol. The molecule has 2 aromatic rings. The Kier molecular flexibility index (Phi) is 7.52. The van der Waals surface area contributed by atoms with Crippen molar-refractivity contribution in [2.24, 2.45) is 5.92 Å². The minimum absolute atomic E-state index is 0.0368. The van der Waals surface area contributed by atoms with Gasteiger partial charge in [-0.15, -0.1) is 10.2 Å².